The van der Waals surface area contributed by atoms with Gasteiger partial charge in [0.2, 0.25) is 0 Å². The fourth-order valence-electron chi connectivity index (χ4n) is 3.41. The topological polar surface area (TPSA) is 31.4 Å². The summed E-state index contributed by atoms with van der Waals surface area (Å²) < 4.78 is 49.6. The minimum Gasteiger partial charge on any atom is -0.486 e. The largest absolute Gasteiger partial charge is 0.486 e. The number of nitrogens with zero attached hydrogens (tertiary/aromatic N) is 1. The fourth-order valence-corrected chi connectivity index (χ4v) is 3.41. The maximum atomic E-state index is 12.7. The number of hydrogen-bond donors (Lipinski definition) is 0. The molecule has 2 heterocycles. The van der Waals surface area contributed by atoms with Crippen molar-refractivity contribution < 1.29 is 22.6 Å². The van der Waals surface area contributed by atoms with E-state index in [-0.39, 0.29) is 0 Å². The van der Waals surface area contributed by atoms with E-state index in [0.29, 0.717) is 24.5 Å². The first-order valence-electron chi connectivity index (χ1n) is 9.52. The van der Waals surface area contributed by atoms with Crippen LogP contribution in [-0.2, 0) is 12.6 Å². The van der Waals surface area contributed by atoms with Crippen LogP contribution >= 0.6 is 0 Å². The number of ether oxygens (including phenoxy) is 2. The van der Waals surface area contributed by atoms with Crippen molar-refractivity contribution in [2.24, 2.45) is 0 Å². The van der Waals surface area contributed by atoms with Gasteiger partial charge in [-0.3, -0.25) is 4.98 Å². The molecule has 0 saturated heterocycles. The first-order valence-corrected chi connectivity index (χ1v) is 9.52. The zero-order valence-corrected chi connectivity index (χ0v) is 15.9. The zero-order chi connectivity index (χ0) is 20.4. The Bertz CT molecular complexity index is 1060. The number of fused-ring (bicyclic) bond motifs is 2. The van der Waals surface area contributed by atoms with Crippen LogP contribution in [-0.4, -0.2) is 18.2 Å². The SMILES string of the molecule is CCCc1cnc(C=Cc2ccc(C(F)(F)F)cc2)c2cc3c(cc12)OCCO3. The molecule has 0 spiro atoms. The summed E-state index contributed by atoms with van der Waals surface area (Å²) in [5.41, 5.74) is 1.87. The van der Waals surface area contributed by atoms with Gasteiger partial charge in [-0.15, -0.1) is 0 Å². The van der Waals surface area contributed by atoms with Crippen LogP contribution in [0.2, 0.25) is 0 Å². The first kappa shape index (κ1) is 19.3. The van der Waals surface area contributed by atoms with Crippen molar-refractivity contribution in [3.8, 4) is 11.5 Å². The van der Waals surface area contributed by atoms with Crippen LogP contribution in [0.4, 0.5) is 13.2 Å². The Kier molecular flexibility index (Phi) is 5.18. The fraction of sp³-hybridized carbons (Fsp3) is 0.261. The smallest absolute Gasteiger partial charge is 0.416 e. The lowest BCUT2D eigenvalue weighted by molar-refractivity contribution is -0.137. The average Bonchev–Trinajstić information content (AvgIpc) is 2.72. The van der Waals surface area contributed by atoms with Gasteiger partial charge < -0.3 is 9.47 Å². The van der Waals surface area contributed by atoms with E-state index in [4.69, 9.17) is 9.47 Å². The standard InChI is InChI=1S/C23H20F3NO2/c1-2-3-16-14-27-20(9-6-15-4-7-17(8-5-15)23(24,25)26)19-13-22-21(12-18(16)19)28-10-11-29-22/h4-9,12-14H,2-3,10-11H2,1H3. The molecule has 2 aromatic carbocycles. The quantitative estimate of drug-likeness (QED) is 0.527. The molecule has 4 rings (SSSR count). The third-order valence-corrected chi connectivity index (χ3v) is 4.85. The molecule has 0 radical (unpaired) electrons. The molecule has 3 nitrogen and oxygen atoms in total. The van der Waals surface area contributed by atoms with Crippen LogP contribution in [0.3, 0.4) is 0 Å². The predicted molar refractivity (Wildman–Crippen MR) is 107 cm³/mol. The summed E-state index contributed by atoms with van der Waals surface area (Å²) in [7, 11) is 0. The average molecular weight is 399 g/mol. The summed E-state index contributed by atoms with van der Waals surface area (Å²) >= 11 is 0. The lowest BCUT2D eigenvalue weighted by Crippen LogP contribution is -2.15. The molecule has 0 amide bonds. The van der Waals surface area contributed by atoms with E-state index < -0.39 is 11.7 Å². The second-order valence-electron chi connectivity index (χ2n) is 6.91. The Morgan fingerprint density at radius 3 is 2.24 bits per heavy atom. The number of benzene rings is 2. The van der Waals surface area contributed by atoms with E-state index in [9.17, 15) is 13.2 Å². The summed E-state index contributed by atoms with van der Waals surface area (Å²) in [5, 5.41) is 1.99. The van der Waals surface area contributed by atoms with Gasteiger partial charge in [-0.05, 0) is 53.3 Å². The second-order valence-corrected chi connectivity index (χ2v) is 6.91. The predicted octanol–water partition coefficient (Wildman–Crippen LogP) is 6.15. The summed E-state index contributed by atoms with van der Waals surface area (Å²) in [6, 6.07) is 8.99. The number of halogens is 3. The van der Waals surface area contributed by atoms with Crippen LogP contribution in [0.5, 0.6) is 11.5 Å². The maximum Gasteiger partial charge on any atom is 0.416 e. The molecule has 1 aliphatic heterocycles. The zero-order valence-electron chi connectivity index (χ0n) is 15.9. The van der Waals surface area contributed by atoms with Crippen molar-refractivity contribution >= 4 is 22.9 Å². The normalized spacial score (nSPS) is 13.9. The maximum absolute atomic E-state index is 12.7. The third kappa shape index (κ3) is 4.06. The molecule has 29 heavy (non-hydrogen) atoms. The molecular formula is C23H20F3NO2. The molecule has 0 fully saturated rings. The minimum atomic E-state index is -4.34. The summed E-state index contributed by atoms with van der Waals surface area (Å²) in [4.78, 5) is 4.58. The van der Waals surface area contributed by atoms with Gasteiger partial charge >= 0.3 is 6.18 Å². The van der Waals surface area contributed by atoms with Crippen LogP contribution < -0.4 is 9.47 Å². The molecule has 1 aromatic heterocycles. The summed E-state index contributed by atoms with van der Waals surface area (Å²) in [6.07, 6.45) is 2.98. The molecule has 1 aliphatic rings. The molecule has 6 heteroatoms. The molecule has 0 bridgehead atoms. The Labute approximate surface area is 166 Å². The lowest BCUT2D eigenvalue weighted by atomic mass is 10.00. The summed E-state index contributed by atoms with van der Waals surface area (Å²) in [6.45, 7) is 3.13. The molecule has 3 aromatic rings. The van der Waals surface area contributed by atoms with Gasteiger partial charge in [-0.25, -0.2) is 0 Å². The van der Waals surface area contributed by atoms with Crippen molar-refractivity contribution in [3.63, 3.8) is 0 Å². The van der Waals surface area contributed by atoms with Gasteiger partial charge in [0.1, 0.15) is 13.2 Å². The molecule has 0 N–H and O–H groups in total. The minimum absolute atomic E-state index is 0.497. The third-order valence-electron chi connectivity index (χ3n) is 4.85. The first-order chi connectivity index (χ1) is 14.0. The van der Waals surface area contributed by atoms with Gasteiger partial charge in [0.05, 0.1) is 11.3 Å². The van der Waals surface area contributed by atoms with Gasteiger partial charge in [0, 0.05) is 11.6 Å². The van der Waals surface area contributed by atoms with Crippen LogP contribution in [0.1, 0.15) is 35.7 Å². The summed E-state index contributed by atoms with van der Waals surface area (Å²) in [5.74, 6) is 1.41. The van der Waals surface area contributed by atoms with Crippen molar-refractivity contribution in [2.45, 2.75) is 25.9 Å². The monoisotopic (exact) mass is 399 g/mol. The van der Waals surface area contributed by atoms with Crippen molar-refractivity contribution in [1.29, 1.82) is 0 Å². The highest BCUT2D eigenvalue weighted by molar-refractivity contribution is 5.95. The van der Waals surface area contributed by atoms with Gasteiger partial charge in [-0.1, -0.05) is 31.6 Å². The number of rotatable bonds is 4. The van der Waals surface area contributed by atoms with Crippen LogP contribution in [0.25, 0.3) is 22.9 Å². The molecule has 0 aliphatic carbocycles. The van der Waals surface area contributed by atoms with E-state index >= 15 is 0 Å². The van der Waals surface area contributed by atoms with E-state index in [1.54, 1.807) is 6.08 Å². The van der Waals surface area contributed by atoms with Crippen molar-refractivity contribution in [1.82, 2.24) is 4.98 Å². The highest BCUT2D eigenvalue weighted by Crippen LogP contribution is 2.37. The number of pyridine rings is 1. The van der Waals surface area contributed by atoms with Crippen LogP contribution in [0, 0.1) is 0 Å². The Morgan fingerprint density at radius 1 is 0.966 bits per heavy atom. The highest BCUT2D eigenvalue weighted by atomic mass is 19.4. The second kappa shape index (κ2) is 7.78. The molecule has 150 valence electrons. The highest BCUT2D eigenvalue weighted by Gasteiger charge is 2.29. The molecular weight excluding hydrogens is 379 g/mol. The Morgan fingerprint density at radius 2 is 1.62 bits per heavy atom. The van der Waals surface area contributed by atoms with Crippen molar-refractivity contribution in [2.75, 3.05) is 13.2 Å². The molecule has 0 atom stereocenters. The number of hydrogen-bond acceptors (Lipinski definition) is 3. The van der Waals surface area contributed by atoms with Crippen molar-refractivity contribution in [3.05, 3.63) is 65.0 Å². The van der Waals surface area contributed by atoms with E-state index in [1.807, 2.05) is 24.4 Å². The van der Waals surface area contributed by atoms with E-state index in [0.717, 1.165) is 52.8 Å². The van der Waals surface area contributed by atoms with Gasteiger partial charge in [0.25, 0.3) is 0 Å². The molecule has 0 saturated carbocycles. The van der Waals surface area contributed by atoms with Gasteiger partial charge in [-0.2, -0.15) is 13.2 Å². The van der Waals surface area contributed by atoms with Gasteiger partial charge in [0.15, 0.2) is 11.5 Å². The van der Waals surface area contributed by atoms with E-state index in [1.165, 1.54) is 12.1 Å². The van der Waals surface area contributed by atoms with E-state index in [2.05, 4.69) is 11.9 Å². The van der Waals surface area contributed by atoms with Crippen LogP contribution in [0.15, 0.2) is 42.6 Å². The Hall–Kier alpha value is -3.02. The lowest BCUT2D eigenvalue weighted by Gasteiger charge is -2.20. The number of aromatic nitrogens is 1. The number of aryl methyl sites for hydroxylation is 1. The Balaban J connectivity index is 1.73. The molecule has 0 unspecified atom stereocenters. The number of alkyl halides is 3.